The number of aryl methyl sites for hydroxylation is 1. The Hall–Kier alpha value is -3.68. The van der Waals surface area contributed by atoms with Gasteiger partial charge in [-0.2, -0.15) is 0 Å². The third-order valence-electron chi connectivity index (χ3n) is 7.60. The molecular weight excluding hydrogens is 452 g/mol. The van der Waals surface area contributed by atoms with E-state index in [1.165, 1.54) is 24.4 Å². The maximum absolute atomic E-state index is 14.7. The average Bonchev–Trinajstić information content (AvgIpc) is 2.81. The summed E-state index contributed by atoms with van der Waals surface area (Å²) >= 11 is 0. The minimum absolute atomic E-state index is 0.00117. The maximum Gasteiger partial charge on any atom is 0.278 e. The van der Waals surface area contributed by atoms with Crippen LogP contribution in [0, 0.1) is 11.6 Å². The third kappa shape index (κ3) is 3.34. The van der Waals surface area contributed by atoms with Gasteiger partial charge in [-0.1, -0.05) is 30.3 Å². The van der Waals surface area contributed by atoms with Gasteiger partial charge in [-0.05, 0) is 67.3 Å². The van der Waals surface area contributed by atoms with Gasteiger partial charge in [0.05, 0.1) is 6.04 Å². The first-order valence-electron chi connectivity index (χ1n) is 12.0. The second-order valence-corrected chi connectivity index (χ2v) is 9.55. The van der Waals surface area contributed by atoms with Crippen LogP contribution in [0.25, 0.3) is 0 Å². The first kappa shape index (κ1) is 21.8. The van der Waals surface area contributed by atoms with Gasteiger partial charge in [0.1, 0.15) is 6.17 Å². The molecule has 180 valence electrons. The number of halogens is 2. The molecule has 1 N–H and O–H groups in total. The number of benzene rings is 2. The Morgan fingerprint density at radius 3 is 2.37 bits per heavy atom. The summed E-state index contributed by atoms with van der Waals surface area (Å²) in [4.78, 5) is 27.9. The Morgan fingerprint density at radius 1 is 0.914 bits per heavy atom. The molecule has 3 heterocycles. The molecule has 6 rings (SSSR count). The maximum atomic E-state index is 14.7. The van der Waals surface area contributed by atoms with Crippen molar-refractivity contribution in [1.29, 1.82) is 0 Å². The number of aromatic hydroxyl groups is 1. The van der Waals surface area contributed by atoms with Crippen molar-refractivity contribution < 1.29 is 18.7 Å². The molecule has 0 spiro atoms. The molecule has 1 saturated carbocycles. The van der Waals surface area contributed by atoms with Crippen LogP contribution in [0.4, 0.5) is 8.78 Å². The molecule has 2 unspecified atom stereocenters. The van der Waals surface area contributed by atoms with Crippen molar-refractivity contribution in [2.24, 2.45) is 0 Å². The van der Waals surface area contributed by atoms with E-state index in [1.54, 1.807) is 9.58 Å². The number of hydrogen-bond donors (Lipinski definition) is 1. The number of carbonyl (C=O) groups is 1. The molecule has 1 aromatic heterocycles. The van der Waals surface area contributed by atoms with E-state index in [1.807, 2.05) is 35.3 Å². The number of carbonyl (C=O) groups excluding carboxylic acids is 1. The molecule has 2 aromatic carbocycles. The fourth-order valence-corrected chi connectivity index (χ4v) is 5.74. The number of nitrogens with zero attached hydrogens (tertiary/aromatic N) is 3. The predicted molar refractivity (Wildman–Crippen MR) is 126 cm³/mol. The molecule has 1 amide bonds. The van der Waals surface area contributed by atoms with Crippen LogP contribution >= 0.6 is 0 Å². The van der Waals surface area contributed by atoms with Gasteiger partial charge < -0.3 is 10.0 Å². The quantitative estimate of drug-likeness (QED) is 0.600. The molecule has 3 aliphatic rings. The van der Waals surface area contributed by atoms with Crippen molar-refractivity contribution in [3.8, 4) is 5.75 Å². The molecule has 0 bridgehead atoms. The Kier molecular flexibility index (Phi) is 5.12. The summed E-state index contributed by atoms with van der Waals surface area (Å²) < 4.78 is 30.5. The monoisotopic (exact) mass is 477 g/mol. The second kappa shape index (κ2) is 8.22. The highest BCUT2D eigenvalue weighted by Gasteiger charge is 2.47. The van der Waals surface area contributed by atoms with Gasteiger partial charge in [-0.15, -0.1) is 0 Å². The van der Waals surface area contributed by atoms with Crippen molar-refractivity contribution >= 4 is 5.91 Å². The highest BCUT2D eigenvalue weighted by Crippen LogP contribution is 2.42. The van der Waals surface area contributed by atoms with Crippen LogP contribution in [0.1, 0.15) is 65.3 Å². The minimum Gasteiger partial charge on any atom is -0.502 e. The van der Waals surface area contributed by atoms with Crippen molar-refractivity contribution in [2.45, 2.75) is 56.8 Å². The largest absolute Gasteiger partial charge is 0.502 e. The average molecular weight is 478 g/mol. The Balaban J connectivity index is 1.66. The Morgan fingerprint density at radius 2 is 1.66 bits per heavy atom. The first-order valence-corrected chi connectivity index (χ1v) is 12.0. The van der Waals surface area contributed by atoms with Gasteiger partial charge in [0.2, 0.25) is 5.43 Å². The van der Waals surface area contributed by atoms with Gasteiger partial charge in [0.25, 0.3) is 5.91 Å². The van der Waals surface area contributed by atoms with Gasteiger partial charge in [0.15, 0.2) is 23.1 Å². The van der Waals surface area contributed by atoms with Crippen molar-refractivity contribution in [2.75, 3.05) is 5.01 Å². The molecule has 2 atom stereocenters. The third-order valence-corrected chi connectivity index (χ3v) is 7.60. The molecular formula is C27H25F2N3O3. The predicted octanol–water partition coefficient (Wildman–Crippen LogP) is 4.23. The zero-order valence-electron chi connectivity index (χ0n) is 19.0. The molecule has 2 aliphatic heterocycles. The van der Waals surface area contributed by atoms with E-state index in [0.717, 1.165) is 24.8 Å². The molecule has 8 heteroatoms. The number of pyridine rings is 1. The highest BCUT2D eigenvalue weighted by molar-refractivity contribution is 5.96. The van der Waals surface area contributed by atoms with Crippen LogP contribution in [-0.2, 0) is 6.42 Å². The van der Waals surface area contributed by atoms with Crippen molar-refractivity contribution in [3.63, 3.8) is 0 Å². The zero-order valence-corrected chi connectivity index (χ0v) is 19.0. The number of hydrogen-bond acceptors (Lipinski definition) is 4. The molecule has 0 radical (unpaired) electrons. The molecule has 1 aliphatic carbocycles. The molecule has 35 heavy (non-hydrogen) atoms. The standard InChI is InChI=1S/C27H25F2N3O3/c28-20-14-17-8-4-11-23-31(18-9-5-10-18)27(35)25-26(34)22(33)12-13-30(25)32(23)24(19(17)15-21(20)29)16-6-2-1-3-7-16/h1-3,6-7,12-15,18,23-24,34H,4-5,8-11H2. The lowest BCUT2D eigenvalue weighted by Crippen LogP contribution is -2.66. The summed E-state index contributed by atoms with van der Waals surface area (Å²) in [5, 5.41) is 12.7. The van der Waals surface area contributed by atoms with Gasteiger partial charge in [0, 0.05) is 18.3 Å². The van der Waals surface area contributed by atoms with Crippen LogP contribution in [-0.4, -0.2) is 32.8 Å². The van der Waals surface area contributed by atoms with E-state index in [0.29, 0.717) is 30.4 Å². The molecule has 0 saturated heterocycles. The summed E-state index contributed by atoms with van der Waals surface area (Å²) in [5.74, 6) is -2.79. The van der Waals surface area contributed by atoms with E-state index in [-0.39, 0.29) is 23.8 Å². The fourth-order valence-electron chi connectivity index (χ4n) is 5.74. The lowest BCUT2D eigenvalue weighted by atomic mass is 9.86. The Labute approximate surface area is 201 Å². The summed E-state index contributed by atoms with van der Waals surface area (Å²) in [7, 11) is 0. The molecule has 6 nitrogen and oxygen atoms in total. The summed E-state index contributed by atoms with van der Waals surface area (Å²) in [6.45, 7) is 0. The normalized spacial score (nSPS) is 21.9. The lowest BCUT2D eigenvalue weighted by Gasteiger charge is -2.54. The SMILES string of the molecule is O=C1c2c(O)c(=O)ccn2N2C(c3ccccc3)c3cc(F)c(F)cc3CCCC2N1C1CCC1. The number of aromatic nitrogens is 1. The summed E-state index contributed by atoms with van der Waals surface area (Å²) in [5.41, 5.74) is 1.42. The number of fused-ring (bicyclic) bond motifs is 4. The van der Waals surface area contributed by atoms with E-state index in [4.69, 9.17) is 0 Å². The van der Waals surface area contributed by atoms with Crippen LogP contribution in [0.2, 0.25) is 0 Å². The van der Waals surface area contributed by atoms with E-state index < -0.39 is 28.9 Å². The minimum atomic E-state index is -0.936. The summed E-state index contributed by atoms with van der Waals surface area (Å²) in [6, 6.07) is 12.6. The van der Waals surface area contributed by atoms with Crippen LogP contribution in [0.5, 0.6) is 5.75 Å². The zero-order chi connectivity index (χ0) is 24.3. The van der Waals surface area contributed by atoms with Crippen LogP contribution in [0.3, 0.4) is 0 Å². The van der Waals surface area contributed by atoms with Gasteiger partial charge >= 0.3 is 0 Å². The first-order chi connectivity index (χ1) is 17.0. The highest BCUT2D eigenvalue weighted by atomic mass is 19.2. The topological polar surface area (TPSA) is 65.8 Å². The lowest BCUT2D eigenvalue weighted by molar-refractivity contribution is 0.0247. The molecule has 1 fully saturated rings. The fraction of sp³-hybridized carbons (Fsp3) is 0.333. The van der Waals surface area contributed by atoms with Crippen molar-refractivity contribution in [1.82, 2.24) is 9.58 Å². The Bertz CT molecular complexity index is 1370. The van der Waals surface area contributed by atoms with E-state index >= 15 is 0 Å². The van der Waals surface area contributed by atoms with Gasteiger partial charge in [-0.3, -0.25) is 19.3 Å². The summed E-state index contributed by atoms with van der Waals surface area (Å²) in [6.07, 6.45) is 5.64. The van der Waals surface area contributed by atoms with E-state index in [2.05, 4.69) is 0 Å². The smallest absolute Gasteiger partial charge is 0.278 e. The number of rotatable bonds is 2. The van der Waals surface area contributed by atoms with Crippen LogP contribution in [0.15, 0.2) is 59.5 Å². The number of amides is 1. The van der Waals surface area contributed by atoms with Crippen molar-refractivity contribution in [3.05, 3.63) is 99.0 Å². The van der Waals surface area contributed by atoms with Crippen LogP contribution < -0.4 is 10.4 Å². The van der Waals surface area contributed by atoms with Gasteiger partial charge in [-0.25, -0.2) is 8.78 Å². The molecule has 3 aromatic rings. The van der Waals surface area contributed by atoms with E-state index in [9.17, 15) is 23.5 Å². The second-order valence-electron chi connectivity index (χ2n) is 9.55.